The van der Waals surface area contributed by atoms with E-state index >= 15 is 0 Å². The first-order chi connectivity index (χ1) is 8.45. The molecule has 18 heavy (non-hydrogen) atoms. The Bertz CT molecular complexity index is 171. The lowest BCUT2D eigenvalue weighted by Gasteiger charge is -2.26. The molecule has 0 heterocycles. The highest BCUT2D eigenvalue weighted by atomic mass is 16.3. The normalized spacial score (nSPS) is 18.3. The standard InChI is InChI=1S/C16H34O2/c1-5-15(3,13-17)11-9-7-8-10-12-16(4,6-2)14-18/h17-18H,5-14H2,1-4H3. The predicted molar refractivity (Wildman–Crippen MR) is 78.7 cm³/mol. The maximum atomic E-state index is 9.33. The molecule has 2 nitrogen and oxygen atoms in total. The van der Waals surface area contributed by atoms with E-state index in [9.17, 15) is 10.2 Å². The van der Waals surface area contributed by atoms with Gasteiger partial charge in [0, 0.05) is 13.2 Å². The molecule has 0 saturated heterocycles. The Labute approximate surface area is 114 Å². The van der Waals surface area contributed by atoms with Crippen LogP contribution in [0.5, 0.6) is 0 Å². The molecule has 0 rings (SSSR count). The summed E-state index contributed by atoms with van der Waals surface area (Å²) in [5.74, 6) is 0. The van der Waals surface area contributed by atoms with Gasteiger partial charge in [0.25, 0.3) is 0 Å². The largest absolute Gasteiger partial charge is 0.396 e. The second-order valence-electron chi connectivity index (χ2n) is 6.56. The lowest BCUT2D eigenvalue weighted by molar-refractivity contribution is 0.120. The minimum absolute atomic E-state index is 0.128. The van der Waals surface area contributed by atoms with E-state index in [0.717, 1.165) is 25.7 Å². The molecule has 0 fully saturated rings. The van der Waals surface area contributed by atoms with Crippen LogP contribution in [0, 0.1) is 10.8 Å². The zero-order chi connectivity index (χ0) is 14.1. The van der Waals surface area contributed by atoms with E-state index in [1.54, 1.807) is 0 Å². The summed E-state index contributed by atoms with van der Waals surface area (Å²) >= 11 is 0. The zero-order valence-corrected chi connectivity index (χ0v) is 13.0. The summed E-state index contributed by atoms with van der Waals surface area (Å²) < 4.78 is 0. The van der Waals surface area contributed by atoms with Gasteiger partial charge in [0.15, 0.2) is 0 Å². The van der Waals surface area contributed by atoms with Crippen LogP contribution in [-0.2, 0) is 0 Å². The third-order valence-electron chi connectivity index (χ3n) is 4.78. The molecule has 0 aliphatic rings. The van der Waals surface area contributed by atoms with Crippen molar-refractivity contribution < 1.29 is 10.2 Å². The molecule has 0 aromatic rings. The van der Waals surface area contributed by atoms with Gasteiger partial charge >= 0.3 is 0 Å². The summed E-state index contributed by atoms with van der Waals surface area (Å²) in [4.78, 5) is 0. The van der Waals surface area contributed by atoms with Gasteiger partial charge < -0.3 is 10.2 Å². The first-order valence-electron chi connectivity index (χ1n) is 7.67. The molecule has 0 aromatic carbocycles. The van der Waals surface area contributed by atoms with E-state index < -0.39 is 0 Å². The summed E-state index contributed by atoms with van der Waals surface area (Å²) in [6.07, 6.45) is 9.31. The molecule has 0 saturated carbocycles. The van der Waals surface area contributed by atoms with Gasteiger partial charge in [0.05, 0.1) is 0 Å². The molecule has 0 aliphatic heterocycles. The van der Waals surface area contributed by atoms with Crippen LogP contribution in [-0.4, -0.2) is 23.4 Å². The predicted octanol–water partition coefficient (Wildman–Crippen LogP) is 4.14. The molecule has 0 aliphatic carbocycles. The fourth-order valence-electron chi connectivity index (χ4n) is 2.19. The number of rotatable bonds is 11. The highest BCUT2D eigenvalue weighted by Crippen LogP contribution is 2.30. The van der Waals surface area contributed by atoms with Crippen molar-refractivity contribution in [1.29, 1.82) is 0 Å². The second kappa shape index (κ2) is 8.92. The van der Waals surface area contributed by atoms with Crippen LogP contribution in [0.25, 0.3) is 0 Å². The summed E-state index contributed by atoms with van der Waals surface area (Å²) in [6.45, 7) is 9.28. The fourth-order valence-corrected chi connectivity index (χ4v) is 2.19. The second-order valence-corrected chi connectivity index (χ2v) is 6.56. The third kappa shape index (κ3) is 6.75. The minimum Gasteiger partial charge on any atom is -0.396 e. The first-order valence-corrected chi connectivity index (χ1v) is 7.67. The van der Waals surface area contributed by atoms with E-state index in [-0.39, 0.29) is 10.8 Å². The van der Waals surface area contributed by atoms with Crippen molar-refractivity contribution in [3.8, 4) is 0 Å². The Morgan fingerprint density at radius 1 is 0.667 bits per heavy atom. The Kier molecular flexibility index (Phi) is 8.89. The fraction of sp³-hybridized carbons (Fsp3) is 1.00. The monoisotopic (exact) mass is 258 g/mol. The average molecular weight is 258 g/mol. The van der Waals surface area contributed by atoms with Crippen LogP contribution in [0.2, 0.25) is 0 Å². The summed E-state index contributed by atoms with van der Waals surface area (Å²) in [6, 6.07) is 0. The van der Waals surface area contributed by atoms with E-state index in [2.05, 4.69) is 27.7 Å². The van der Waals surface area contributed by atoms with Crippen molar-refractivity contribution in [3.05, 3.63) is 0 Å². The van der Waals surface area contributed by atoms with Gasteiger partial charge in [-0.3, -0.25) is 0 Å². The van der Waals surface area contributed by atoms with Gasteiger partial charge in [0.1, 0.15) is 0 Å². The molecule has 2 heteroatoms. The van der Waals surface area contributed by atoms with Crippen molar-refractivity contribution in [1.82, 2.24) is 0 Å². The number of hydrogen-bond acceptors (Lipinski definition) is 2. The molecule has 0 aromatic heterocycles. The van der Waals surface area contributed by atoms with Gasteiger partial charge in [-0.1, -0.05) is 53.4 Å². The first kappa shape index (κ1) is 17.9. The Morgan fingerprint density at radius 3 is 1.22 bits per heavy atom. The van der Waals surface area contributed by atoms with Gasteiger partial charge in [0.2, 0.25) is 0 Å². The summed E-state index contributed by atoms with van der Waals surface area (Å²) in [5.41, 5.74) is 0.256. The van der Waals surface area contributed by atoms with Crippen LogP contribution in [0.15, 0.2) is 0 Å². The Balaban J connectivity index is 3.63. The molecular formula is C16H34O2. The van der Waals surface area contributed by atoms with Crippen LogP contribution in [0.1, 0.15) is 79.1 Å². The molecule has 0 bridgehead atoms. The quantitative estimate of drug-likeness (QED) is 0.547. The molecule has 2 unspecified atom stereocenters. The topological polar surface area (TPSA) is 40.5 Å². The van der Waals surface area contributed by atoms with E-state index in [1.807, 2.05) is 0 Å². The van der Waals surface area contributed by atoms with Crippen molar-refractivity contribution >= 4 is 0 Å². The third-order valence-corrected chi connectivity index (χ3v) is 4.78. The molecule has 0 spiro atoms. The van der Waals surface area contributed by atoms with Gasteiger partial charge in [-0.05, 0) is 36.5 Å². The highest BCUT2D eigenvalue weighted by Gasteiger charge is 2.21. The summed E-state index contributed by atoms with van der Waals surface area (Å²) in [7, 11) is 0. The molecule has 0 radical (unpaired) electrons. The molecule has 110 valence electrons. The molecule has 2 N–H and O–H groups in total. The Hall–Kier alpha value is -0.0800. The van der Waals surface area contributed by atoms with Gasteiger partial charge in [-0.25, -0.2) is 0 Å². The lowest BCUT2D eigenvalue weighted by atomic mass is 9.81. The van der Waals surface area contributed by atoms with Crippen molar-refractivity contribution in [2.24, 2.45) is 10.8 Å². The smallest absolute Gasteiger partial charge is 0.0484 e. The van der Waals surface area contributed by atoms with Crippen LogP contribution < -0.4 is 0 Å². The lowest BCUT2D eigenvalue weighted by Crippen LogP contribution is -2.20. The van der Waals surface area contributed by atoms with Gasteiger partial charge in [-0.2, -0.15) is 0 Å². The number of hydrogen-bond donors (Lipinski definition) is 2. The molecule has 2 atom stereocenters. The van der Waals surface area contributed by atoms with Crippen LogP contribution in [0.3, 0.4) is 0 Å². The maximum Gasteiger partial charge on any atom is 0.0484 e. The van der Waals surface area contributed by atoms with E-state index in [0.29, 0.717) is 13.2 Å². The maximum absolute atomic E-state index is 9.33. The molecular weight excluding hydrogens is 224 g/mol. The van der Waals surface area contributed by atoms with Crippen molar-refractivity contribution in [2.45, 2.75) is 79.1 Å². The highest BCUT2D eigenvalue weighted by molar-refractivity contribution is 4.73. The Morgan fingerprint density at radius 2 is 1.00 bits per heavy atom. The summed E-state index contributed by atoms with van der Waals surface area (Å²) in [5, 5.41) is 18.7. The van der Waals surface area contributed by atoms with Crippen molar-refractivity contribution in [2.75, 3.05) is 13.2 Å². The van der Waals surface area contributed by atoms with E-state index in [4.69, 9.17) is 0 Å². The van der Waals surface area contributed by atoms with E-state index in [1.165, 1.54) is 25.7 Å². The number of aliphatic hydroxyl groups is 2. The number of aliphatic hydroxyl groups excluding tert-OH is 2. The van der Waals surface area contributed by atoms with Crippen molar-refractivity contribution in [3.63, 3.8) is 0 Å². The zero-order valence-electron chi connectivity index (χ0n) is 13.0. The minimum atomic E-state index is 0.128. The number of unbranched alkanes of at least 4 members (excludes halogenated alkanes) is 3. The van der Waals surface area contributed by atoms with Crippen LogP contribution >= 0.6 is 0 Å². The van der Waals surface area contributed by atoms with Crippen LogP contribution in [0.4, 0.5) is 0 Å². The molecule has 0 amide bonds. The van der Waals surface area contributed by atoms with Gasteiger partial charge in [-0.15, -0.1) is 0 Å². The average Bonchev–Trinajstić information content (AvgIpc) is 2.42. The SMILES string of the molecule is CCC(C)(CO)CCCCCCC(C)(CC)CO.